The molecule has 0 saturated heterocycles. The number of ether oxygens (including phenoxy) is 1. The van der Waals surface area contributed by atoms with Crippen molar-refractivity contribution >= 4 is 44.8 Å². The number of benzene rings is 3. The zero-order valence-electron chi connectivity index (χ0n) is 15.9. The van der Waals surface area contributed by atoms with Gasteiger partial charge in [0.15, 0.2) is 0 Å². The predicted molar refractivity (Wildman–Crippen MR) is 118 cm³/mol. The van der Waals surface area contributed by atoms with Crippen molar-refractivity contribution in [2.24, 2.45) is 0 Å². The minimum absolute atomic E-state index is 0.103. The molecule has 6 nitrogen and oxygen atoms in total. The van der Waals surface area contributed by atoms with Crippen LogP contribution in [0.4, 0.5) is 5.69 Å². The molecule has 0 aliphatic heterocycles. The second-order valence-electron chi connectivity index (χ2n) is 6.26. The third kappa shape index (κ3) is 5.31. The van der Waals surface area contributed by atoms with Gasteiger partial charge in [0, 0.05) is 17.8 Å². The Morgan fingerprint density at radius 3 is 2.37 bits per heavy atom. The highest BCUT2D eigenvalue weighted by Crippen LogP contribution is 2.27. The summed E-state index contributed by atoms with van der Waals surface area (Å²) in [6, 6.07) is 17.9. The second-order valence-corrected chi connectivity index (χ2v) is 8.81. The highest BCUT2D eigenvalue weighted by Gasteiger charge is 2.22. The fourth-order valence-corrected chi connectivity index (χ4v) is 4.17. The van der Waals surface area contributed by atoms with Crippen LogP contribution in [0.25, 0.3) is 0 Å². The van der Waals surface area contributed by atoms with Crippen molar-refractivity contribution < 1.29 is 17.9 Å². The van der Waals surface area contributed by atoms with E-state index in [2.05, 4.69) is 10.0 Å². The van der Waals surface area contributed by atoms with Gasteiger partial charge in [-0.2, -0.15) is 0 Å². The zero-order valence-corrected chi connectivity index (χ0v) is 18.2. The van der Waals surface area contributed by atoms with Crippen LogP contribution in [0.3, 0.4) is 0 Å². The van der Waals surface area contributed by atoms with Crippen molar-refractivity contribution in [2.45, 2.75) is 11.4 Å². The average molecular weight is 465 g/mol. The SMILES string of the molecule is COc1ccc(C(=O)Nc2ccc(Cl)c(Cl)c2)cc1S(=O)(=O)NCc1ccccc1. The summed E-state index contributed by atoms with van der Waals surface area (Å²) in [5.41, 5.74) is 1.37. The number of anilines is 1. The first kappa shape index (κ1) is 22.1. The van der Waals surface area contributed by atoms with Gasteiger partial charge in [-0.25, -0.2) is 13.1 Å². The molecule has 0 spiro atoms. The van der Waals surface area contributed by atoms with Gasteiger partial charge in [-0.1, -0.05) is 53.5 Å². The minimum Gasteiger partial charge on any atom is -0.495 e. The van der Waals surface area contributed by atoms with Gasteiger partial charge in [0.2, 0.25) is 10.0 Å². The van der Waals surface area contributed by atoms with Gasteiger partial charge in [0.25, 0.3) is 5.91 Å². The number of carbonyl (C=O) groups is 1. The van der Waals surface area contributed by atoms with Crippen molar-refractivity contribution in [2.75, 3.05) is 12.4 Å². The van der Waals surface area contributed by atoms with Crippen LogP contribution in [0, 0.1) is 0 Å². The Morgan fingerprint density at radius 2 is 1.70 bits per heavy atom. The summed E-state index contributed by atoms with van der Waals surface area (Å²) in [7, 11) is -2.57. The molecule has 0 fully saturated rings. The first-order valence-electron chi connectivity index (χ1n) is 8.78. The molecule has 0 radical (unpaired) electrons. The molecule has 0 aliphatic rings. The van der Waals surface area contributed by atoms with E-state index >= 15 is 0 Å². The maximum atomic E-state index is 12.8. The standard InChI is InChI=1S/C21H18Cl2N2O4S/c1-29-19-10-7-15(21(26)25-16-8-9-17(22)18(23)12-16)11-20(19)30(27,28)24-13-14-5-3-2-4-6-14/h2-12,24H,13H2,1H3,(H,25,26). The van der Waals surface area contributed by atoms with Crippen LogP contribution in [0.2, 0.25) is 10.0 Å². The Morgan fingerprint density at radius 1 is 0.967 bits per heavy atom. The number of rotatable bonds is 7. The lowest BCUT2D eigenvalue weighted by molar-refractivity contribution is 0.102. The van der Waals surface area contributed by atoms with Gasteiger partial charge >= 0.3 is 0 Å². The van der Waals surface area contributed by atoms with Crippen LogP contribution >= 0.6 is 23.2 Å². The average Bonchev–Trinajstić information content (AvgIpc) is 2.75. The van der Waals surface area contributed by atoms with Crippen molar-refractivity contribution in [1.82, 2.24) is 4.72 Å². The van der Waals surface area contributed by atoms with Crippen LogP contribution in [-0.4, -0.2) is 21.4 Å². The molecule has 156 valence electrons. The van der Waals surface area contributed by atoms with E-state index in [1.807, 2.05) is 18.2 Å². The first-order valence-corrected chi connectivity index (χ1v) is 11.0. The zero-order chi connectivity index (χ0) is 21.7. The molecule has 0 unspecified atom stereocenters. The lowest BCUT2D eigenvalue weighted by atomic mass is 10.2. The molecule has 0 bridgehead atoms. The Bertz CT molecular complexity index is 1170. The van der Waals surface area contributed by atoms with E-state index in [0.717, 1.165) is 5.56 Å². The smallest absolute Gasteiger partial charge is 0.255 e. The van der Waals surface area contributed by atoms with E-state index in [0.29, 0.717) is 10.7 Å². The number of carbonyl (C=O) groups excluding carboxylic acids is 1. The molecule has 0 atom stereocenters. The van der Waals surface area contributed by atoms with Crippen molar-refractivity contribution in [1.29, 1.82) is 0 Å². The Hall–Kier alpha value is -2.58. The molecule has 0 aliphatic carbocycles. The number of amides is 1. The fraction of sp³-hybridized carbons (Fsp3) is 0.0952. The topological polar surface area (TPSA) is 84.5 Å². The van der Waals surface area contributed by atoms with Crippen LogP contribution in [0.1, 0.15) is 15.9 Å². The van der Waals surface area contributed by atoms with E-state index in [-0.39, 0.29) is 27.8 Å². The van der Waals surface area contributed by atoms with E-state index in [9.17, 15) is 13.2 Å². The van der Waals surface area contributed by atoms with Crippen LogP contribution in [0.5, 0.6) is 5.75 Å². The predicted octanol–water partition coefficient (Wildman–Crippen LogP) is 4.73. The molecule has 30 heavy (non-hydrogen) atoms. The summed E-state index contributed by atoms with van der Waals surface area (Å²) >= 11 is 11.8. The van der Waals surface area contributed by atoms with Crippen LogP contribution in [-0.2, 0) is 16.6 Å². The fourth-order valence-electron chi connectivity index (χ4n) is 2.66. The Labute approximate surface area is 184 Å². The van der Waals surface area contributed by atoms with Crippen molar-refractivity contribution in [3.8, 4) is 5.75 Å². The quantitative estimate of drug-likeness (QED) is 0.528. The molecule has 9 heteroatoms. The molecular weight excluding hydrogens is 447 g/mol. The number of nitrogens with one attached hydrogen (secondary N) is 2. The molecule has 3 aromatic carbocycles. The summed E-state index contributed by atoms with van der Waals surface area (Å²) in [6.45, 7) is 0.103. The van der Waals surface area contributed by atoms with Crippen molar-refractivity contribution in [3.63, 3.8) is 0 Å². The lowest BCUT2D eigenvalue weighted by Crippen LogP contribution is -2.24. The first-order chi connectivity index (χ1) is 14.3. The van der Waals surface area contributed by atoms with Gasteiger partial charge in [0.1, 0.15) is 10.6 Å². The third-order valence-electron chi connectivity index (χ3n) is 4.20. The molecule has 0 aromatic heterocycles. The highest BCUT2D eigenvalue weighted by atomic mass is 35.5. The summed E-state index contributed by atoms with van der Waals surface area (Å²) in [5, 5.41) is 3.31. The number of hydrogen-bond acceptors (Lipinski definition) is 4. The van der Waals surface area contributed by atoms with E-state index < -0.39 is 15.9 Å². The second kappa shape index (κ2) is 9.49. The highest BCUT2D eigenvalue weighted by molar-refractivity contribution is 7.89. The maximum absolute atomic E-state index is 12.8. The Balaban J connectivity index is 1.85. The van der Waals surface area contributed by atoms with E-state index in [1.165, 1.54) is 31.4 Å². The molecule has 0 saturated carbocycles. The minimum atomic E-state index is -3.94. The molecule has 2 N–H and O–H groups in total. The number of methoxy groups -OCH3 is 1. The monoisotopic (exact) mass is 464 g/mol. The number of hydrogen-bond donors (Lipinski definition) is 2. The third-order valence-corrected chi connectivity index (χ3v) is 6.36. The van der Waals surface area contributed by atoms with Gasteiger partial charge in [-0.05, 0) is 42.0 Å². The summed E-state index contributed by atoms with van der Waals surface area (Å²) in [5.74, 6) is -0.378. The largest absolute Gasteiger partial charge is 0.495 e. The molecular formula is C21H18Cl2N2O4S. The lowest BCUT2D eigenvalue weighted by Gasteiger charge is -2.13. The van der Waals surface area contributed by atoms with E-state index in [4.69, 9.17) is 27.9 Å². The summed E-state index contributed by atoms with van der Waals surface area (Å²) in [4.78, 5) is 12.5. The van der Waals surface area contributed by atoms with Crippen LogP contribution in [0.15, 0.2) is 71.6 Å². The number of sulfonamides is 1. The van der Waals surface area contributed by atoms with Gasteiger partial charge in [-0.15, -0.1) is 0 Å². The summed E-state index contributed by atoms with van der Waals surface area (Å²) in [6.07, 6.45) is 0. The Kier molecular flexibility index (Phi) is 6.99. The molecule has 3 rings (SSSR count). The maximum Gasteiger partial charge on any atom is 0.255 e. The molecule has 3 aromatic rings. The van der Waals surface area contributed by atoms with Gasteiger partial charge in [-0.3, -0.25) is 4.79 Å². The molecule has 1 amide bonds. The van der Waals surface area contributed by atoms with Crippen LogP contribution < -0.4 is 14.8 Å². The summed E-state index contributed by atoms with van der Waals surface area (Å²) < 4.78 is 33.4. The molecule has 0 heterocycles. The van der Waals surface area contributed by atoms with Crippen molar-refractivity contribution in [3.05, 3.63) is 87.9 Å². The number of halogens is 2. The normalized spacial score (nSPS) is 11.2. The van der Waals surface area contributed by atoms with E-state index in [1.54, 1.807) is 24.3 Å². The van der Waals surface area contributed by atoms with Gasteiger partial charge in [0.05, 0.1) is 17.2 Å². The van der Waals surface area contributed by atoms with Gasteiger partial charge < -0.3 is 10.1 Å².